The van der Waals surface area contributed by atoms with Crippen molar-refractivity contribution in [2.24, 2.45) is 28.6 Å². The van der Waals surface area contributed by atoms with Gasteiger partial charge >= 0.3 is 11.9 Å². The molecule has 0 spiro atoms. The van der Waals surface area contributed by atoms with Gasteiger partial charge in [0.25, 0.3) is 0 Å². The zero-order valence-electron chi connectivity index (χ0n) is 17.6. The van der Waals surface area contributed by atoms with E-state index in [0.717, 1.165) is 44.9 Å². The molecule has 4 aliphatic rings. The minimum Gasteiger partial charge on any atom is -0.462 e. The van der Waals surface area contributed by atoms with E-state index in [2.05, 4.69) is 19.9 Å². The quantitative estimate of drug-likeness (QED) is 0.574. The molecule has 5 nitrogen and oxygen atoms in total. The summed E-state index contributed by atoms with van der Waals surface area (Å²) in [4.78, 5) is 23.0. The third kappa shape index (κ3) is 3.01. The molecule has 8 atom stereocenters. The highest BCUT2D eigenvalue weighted by atomic mass is 16.5. The van der Waals surface area contributed by atoms with E-state index in [1.165, 1.54) is 19.4 Å². The molecule has 4 rings (SSSR count). The Balaban J connectivity index is 1.61. The second kappa shape index (κ2) is 6.86. The second-order valence-electron chi connectivity index (χ2n) is 10.1. The highest BCUT2D eigenvalue weighted by molar-refractivity contribution is 5.66. The number of carbonyl (C=O) groups excluding carboxylic acids is 2. The van der Waals surface area contributed by atoms with E-state index < -0.39 is 6.10 Å². The molecule has 0 saturated heterocycles. The molecule has 28 heavy (non-hydrogen) atoms. The van der Waals surface area contributed by atoms with Crippen LogP contribution < -0.4 is 0 Å². The van der Waals surface area contributed by atoms with Gasteiger partial charge in [0.1, 0.15) is 12.2 Å². The monoisotopic (exact) mass is 390 g/mol. The van der Waals surface area contributed by atoms with Gasteiger partial charge in [-0.1, -0.05) is 25.5 Å². The Kier molecular flexibility index (Phi) is 4.88. The first-order valence-corrected chi connectivity index (χ1v) is 10.9. The van der Waals surface area contributed by atoms with Crippen molar-refractivity contribution in [3.8, 4) is 0 Å². The normalized spacial score (nSPS) is 47.2. The molecule has 5 heteroatoms. The van der Waals surface area contributed by atoms with Crippen LogP contribution in [0.15, 0.2) is 11.6 Å². The van der Waals surface area contributed by atoms with Crippen LogP contribution in [0.4, 0.5) is 0 Å². The molecule has 3 saturated carbocycles. The average Bonchev–Trinajstić information content (AvgIpc) is 2.92. The summed E-state index contributed by atoms with van der Waals surface area (Å²) in [6.45, 7) is 7.58. The van der Waals surface area contributed by atoms with E-state index in [0.29, 0.717) is 11.8 Å². The fraction of sp³-hybridized carbons (Fsp3) is 0.826. The van der Waals surface area contributed by atoms with E-state index in [4.69, 9.17) is 9.47 Å². The first-order valence-electron chi connectivity index (χ1n) is 10.9. The van der Waals surface area contributed by atoms with Gasteiger partial charge in [0.15, 0.2) is 0 Å². The van der Waals surface area contributed by atoms with Crippen LogP contribution in [-0.2, 0) is 19.1 Å². The van der Waals surface area contributed by atoms with Crippen molar-refractivity contribution >= 4 is 11.9 Å². The molecule has 156 valence electrons. The molecule has 0 heterocycles. The zero-order valence-corrected chi connectivity index (χ0v) is 17.6. The maximum absolute atomic E-state index is 11.6. The van der Waals surface area contributed by atoms with E-state index >= 15 is 0 Å². The topological polar surface area (TPSA) is 72.8 Å². The maximum atomic E-state index is 11.6. The van der Waals surface area contributed by atoms with Gasteiger partial charge in [0.2, 0.25) is 0 Å². The third-order valence-corrected chi connectivity index (χ3v) is 8.64. The SMILES string of the molecule is CC(=O)O[C@H]1CC[C@@]2(C)C(=CC(O)[C@H]3[C@@H]4CC[C@H](OC(C)=O)[C@@]4(C)CC[C@@H]32)C1. The number of hydrogen-bond donors (Lipinski definition) is 1. The van der Waals surface area contributed by atoms with Gasteiger partial charge in [-0.3, -0.25) is 9.59 Å². The van der Waals surface area contributed by atoms with Crippen LogP contribution in [0.25, 0.3) is 0 Å². The van der Waals surface area contributed by atoms with Gasteiger partial charge in [0.05, 0.1) is 6.10 Å². The van der Waals surface area contributed by atoms with E-state index in [1.54, 1.807) is 0 Å². The number of aliphatic hydroxyl groups excluding tert-OH is 1. The standard InChI is InChI=1S/C23H34O5/c1-13(24)27-16-7-9-22(3)15(11-16)12-19(26)21-17-5-6-20(28-14(2)25)23(17,4)10-8-18(21)22/h12,16-21,26H,5-11H2,1-4H3/t16-,17-,18-,19?,20-,21-,22-,23-/m0/s1. The smallest absolute Gasteiger partial charge is 0.302 e. The summed E-state index contributed by atoms with van der Waals surface area (Å²) in [5, 5.41) is 11.2. The number of fused-ring (bicyclic) bond motifs is 5. The van der Waals surface area contributed by atoms with Gasteiger partial charge in [0, 0.05) is 25.7 Å². The minimum absolute atomic E-state index is 0.0268. The molecule has 0 aromatic carbocycles. The zero-order chi connectivity index (χ0) is 20.3. The lowest BCUT2D eigenvalue weighted by atomic mass is 9.47. The Bertz CT molecular complexity index is 699. The second-order valence-corrected chi connectivity index (χ2v) is 10.1. The van der Waals surface area contributed by atoms with Crippen LogP contribution >= 0.6 is 0 Å². The van der Waals surface area contributed by atoms with Gasteiger partial charge < -0.3 is 14.6 Å². The first kappa shape index (κ1) is 19.9. The van der Waals surface area contributed by atoms with Crippen LogP contribution in [0.2, 0.25) is 0 Å². The fourth-order valence-corrected chi connectivity index (χ4v) is 7.30. The molecular formula is C23H34O5. The van der Waals surface area contributed by atoms with Crippen molar-refractivity contribution in [1.29, 1.82) is 0 Å². The average molecular weight is 391 g/mol. The number of rotatable bonds is 2. The predicted octanol–water partition coefficient (Wildman–Crippen LogP) is 3.78. The molecule has 3 fully saturated rings. The number of hydrogen-bond acceptors (Lipinski definition) is 5. The summed E-state index contributed by atoms with van der Waals surface area (Å²) in [5.74, 6) is 0.621. The lowest BCUT2D eigenvalue weighted by Crippen LogP contribution is -2.55. The highest BCUT2D eigenvalue weighted by Crippen LogP contribution is 2.65. The predicted molar refractivity (Wildman–Crippen MR) is 104 cm³/mol. The van der Waals surface area contributed by atoms with Crippen molar-refractivity contribution in [2.45, 2.75) is 91.0 Å². The van der Waals surface area contributed by atoms with Gasteiger partial charge in [-0.05, 0) is 61.7 Å². The summed E-state index contributed by atoms with van der Waals surface area (Å²) in [6, 6.07) is 0. The summed E-state index contributed by atoms with van der Waals surface area (Å²) >= 11 is 0. The molecule has 0 aromatic heterocycles. The molecule has 1 N–H and O–H groups in total. The molecule has 0 aromatic rings. The Labute approximate surface area is 167 Å². The lowest BCUT2D eigenvalue weighted by Gasteiger charge is -2.58. The Morgan fingerprint density at radius 1 is 1.00 bits per heavy atom. The summed E-state index contributed by atoms with van der Waals surface area (Å²) in [7, 11) is 0. The number of ether oxygens (including phenoxy) is 2. The van der Waals surface area contributed by atoms with Crippen LogP contribution in [0.5, 0.6) is 0 Å². The molecule has 0 amide bonds. The van der Waals surface area contributed by atoms with Gasteiger partial charge in [-0.2, -0.15) is 0 Å². The molecule has 0 bridgehead atoms. The van der Waals surface area contributed by atoms with Crippen molar-refractivity contribution in [2.75, 3.05) is 0 Å². The third-order valence-electron chi connectivity index (χ3n) is 8.64. The van der Waals surface area contributed by atoms with Crippen molar-refractivity contribution in [3.63, 3.8) is 0 Å². The van der Waals surface area contributed by atoms with Crippen molar-refractivity contribution in [3.05, 3.63) is 11.6 Å². The molecular weight excluding hydrogens is 356 g/mol. The maximum Gasteiger partial charge on any atom is 0.302 e. The Morgan fingerprint density at radius 2 is 1.71 bits per heavy atom. The number of aliphatic hydroxyl groups is 1. The van der Waals surface area contributed by atoms with Crippen molar-refractivity contribution < 1.29 is 24.2 Å². The molecule has 4 aliphatic carbocycles. The summed E-state index contributed by atoms with van der Waals surface area (Å²) in [5.41, 5.74) is 1.31. The van der Waals surface area contributed by atoms with Gasteiger partial charge in [-0.25, -0.2) is 0 Å². The first-order chi connectivity index (χ1) is 13.1. The van der Waals surface area contributed by atoms with Crippen LogP contribution in [-0.4, -0.2) is 35.4 Å². The fourth-order valence-electron chi connectivity index (χ4n) is 7.30. The summed E-state index contributed by atoms with van der Waals surface area (Å²) < 4.78 is 11.2. The van der Waals surface area contributed by atoms with Crippen LogP contribution in [0.3, 0.4) is 0 Å². The lowest BCUT2D eigenvalue weighted by molar-refractivity contribution is -0.159. The number of carbonyl (C=O) groups is 2. The van der Waals surface area contributed by atoms with Crippen LogP contribution in [0.1, 0.15) is 72.6 Å². The molecule has 1 unspecified atom stereocenters. The summed E-state index contributed by atoms with van der Waals surface area (Å²) in [6.07, 6.45) is 8.17. The molecule has 0 radical (unpaired) electrons. The van der Waals surface area contributed by atoms with E-state index in [9.17, 15) is 14.7 Å². The number of esters is 2. The van der Waals surface area contributed by atoms with E-state index in [-0.39, 0.29) is 40.9 Å². The van der Waals surface area contributed by atoms with Gasteiger partial charge in [-0.15, -0.1) is 0 Å². The van der Waals surface area contributed by atoms with E-state index in [1.807, 2.05) is 0 Å². The largest absolute Gasteiger partial charge is 0.462 e. The van der Waals surface area contributed by atoms with Crippen molar-refractivity contribution in [1.82, 2.24) is 0 Å². The molecule has 0 aliphatic heterocycles. The Morgan fingerprint density at radius 3 is 2.39 bits per heavy atom. The minimum atomic E-state index is -0.468. The highest BCUT2D eigenvalue weighted by Gasteiger charge is 2.61. The Hall–Kier alpha value is -1.36. The van der Waals surface area contributed by atoms with Crippen LogP contribution in [0, 0.1) is 28.6 Å².